The molecular formula is C12H23NO3. The molecule has 0 bridgehead atoms. The van der Waals surface area contributed by atoms with E-state index >= 15 is 0 Å². The first-order chi connectivity index (χ1) is 7.74. The van der Waals surface area contributed by atoms with Crippen LogP contribution in [-0.4, -0.2) is 50.7 Å². The van der Waals surface area contributed by atoms with E-state index in [1.54, 1.807) is 7.11 Å². The third-order valence-corrected chi connectivity index (χ3v) is 2.12. The zero-order valence-electron chi connectivity index (χ0n) is 10.2. The fourth-order valence-corrected chi connectivity index (χ4v) is 1.23. The van der Waals surface area contributed by atoms with Crippen molar-refractivity contribution in [1.29, 1.82) is 0 Å². The van der Waals surface area contributed by atoms with Crippen molar-refractivity contribution in [3.8, 4) is 12.3 Å². The van der Waals surface area contributed by atoms with E-state index in [9.17, 15) is 5.11 Å². The first-order valence-corrected chi connectivity index (χ1v) is 5.68. The van der Waals surface area contributed by atoms with Gasteiger partial charge in [0, 0.05) is 13.7 Å². The highest BCUT2D eigenvalue weighted by Gasteiger charge is 2.07. The summed E-state index contributed by atoms with van der Waals surface area (Å²) in [7, 11) is 1.61. The summed E-state index contributed by atoms with van der Waals surface area (Å²) >= 11 is 0. The number of hydrogen-bond acceptors (Lipinski definition) is 4. The van der Waals surface area contributed by atoms with Crippen LogP contribution in [0.2, 0.25) is 0 Å². The molecule has 0 aromatic rings. The lowest BCUT2D eigenvalue weighted by atomic mass is 10.2. The molecule has 0 saturated heterocycles. The van der Waals surface area contributed by atoms with E-state index in [-0.39, 0.29) is 6.04 Å². The zero-order valence-corrected chi connectivity index (χ0v) is 10.2. The summed E-state index contributed by atoms with van der Waals surface area (Å²) in [5.41, 5.74) is 0. The Kier molecular flexibility index (Phi) is 10.5. The van der Waals surface area contributed by atoms with Gasteiger partial charge in [-0.3, -0.25) is 0 Å². The largest absolute Gasteiger partial charge is 0.389 e. The lowest BCUT2D eigenvalue weighted by molar-refractivity contribution is 0.0133. The van der Waals surface area contributed by atoms with Crippen LogP contribution in [0.15, 0.2) is 0 Å². The lowest BCUT2D eigenvalue weighted by Gasteiger charge is -2.16. The van der Waals surface area contributed by atoms with Gasteiger partial charge in [-0.15, -0.1) is 6.42 Å². The number of ether oxygens (including phenoxy) is 2. The van der Waals surface area contributed by atoms with Gasteiger partial charge in [0.2, 0.25) is 0 Å². The molecule has 4 heteroatoms. The van der Waals surface area contributed by atoms with E-state index < -0.39 is 6.10 Å². The highest BCUT2D eigenvalue weighted by Crippen LogP contribution is 1.95. The molecule has 2 N–H and O–H groups in total. The molecule has 0 aromatic heterocycles. The van der Waals surface area contributed by atoms with E-state index in [2.05, 4.69) is 18.2 Å². The maximum Gasteiger partial charge on any atom is 0.0898 e. The summed E-state index contributed by atoms with van der Waals surface area (Å²) in [6, 6.07) is 0.0404. The van der Waals surface area contributed by atoms with Crippen LogP contribution >= 0.6 is 0 Å². The van der Waals surface area contributed by atoms with Crippen LogP contribution in [0.4, 0.5) is 0 Å². The fourth-order valence-electron chi connectivity index (χ4n) is 1.23. The predicted octanol–water partition coefficient (Wildman–Crippen LogP) is 0.402. The van der Waals surface area contributed by atoms with Crippen LogP contribution in [0.1, 0.15) is 19.8 Å². The maximum atomic E-state index is 9.56. The third-order valence-electron chi connectivity index (χ3n) is 2.12. The molecule has 0 heterocycles. The number of hydrogen-bond donors (Lipinski definition) is 2. The topological polar surface area (TPSA) is 50.7 Å². The lowest BCUT2D eigenvalue weighted by Crippen LogP contribution is -2.36. The van der Waals surface area contributed by atoms with Gasteiger partial charge in [0.05, 0.1) is 32.0 Å². The second-order valence-electron chi connectivity index (χ2n) is 3.64. The van der Waals surface area contributed by atoms with Crippen LogP contribution in [0.5, 0.6) is 0 Å². The molecule has 94 valence electrons. The van der Waals surface area contributed by atoms with Crippen molar-refractivity contribution >= 4 is 0 Å². The minimum atomic E-state index is -0.524. The molecule has 0 fully saturated rings. The van der Waals surface area contributed by atoms with E-state index in [0.717, 1.165) is 12.8 Å². The van der Waals surface area contributed by atoms with Crippen molar-refractivity contribution in [3.63, 3.8) is 0 Å². The Morgan fingerprint density at radius 2 is 2.19 bits per heavy atom. The summed E-state index contributed by atoms with van der Waals surface area (Å²) in [5, 5.41) is 12.7. The number of methoxy groups -OCH3 is 1. The van der Waals surface area contributed by atoms with E-state index in [4.69, 9.17) is 15.9 Å². The number of terminal acetylenes is 1. The fraction of sp³-hybridized carbons (Fsp3) is 0.833. The highest BCUT2D eigenvalue weighted by molar-refractivity contribution is 4.98. The molecule has 16 heavy (non-hydrogen) atoms. The van der Waals surface area contributed by atoms with Gasteiger partial charge in [-0.05, 0) is 6.42 Å². The Morgan fingerprint density at radius 1 is 1.44 bits per heavy atom. The van der Waals surface area contributed by atoms with Crippen molar-refractivity contribution < 1.29 is 14.6 Å². The molecule has 0 amide bonds. The molecule has 2 unspecified atom stereocenters. The Balaban J connectivity index is 3.48. The number of aliphatic hydroxyl groups excluding tert-OH is 1. The van der Waals surface area contributed by atoms with Crippen molar-refractivity contribution in [2.45, 2.75) is 31.9 Å². The van der Waals surface area contributed by atoms with Crippen molar-refractivity contribution in [1.82, 2.24) is 5.32 Å². The van der Waals surface area contributed by atoms with Gasteiger partial charge in [-0.2, -0.15) is 0 Å². The molecular weight excluding hydrogens is 206 g/mol. The van der Waals surface area contributed by atoms with Crippen molar-refractivity contribution in [2.24, 2.45) is 0 Å². The summed E-state index contributed by atoms with van der Waals surface area (Å²) in [6.07, 6.45) is 6.77. The molecule has 2 atom stereocenters. The average molecular weight is 229 g/mol. The van der Waals surface area contributed by atoms with Crippen LogP contribution in [0.3, 0.4) is 0 Å². The van der Waals surface area contributed by atoms with Gasteiger partial charge in [0.1, 0.15) is 0 Å². The Bertz CT molecular complexity index is 191. The van der Waals surface area contributed by atoms with E-state index in [0.29, 0.717) is 26.4 Å². The molecule has 0 spiro atoms. The van der Waals surface area contributed by atoms with Gasteiger partial charge in [-0.1, -0.05) is 19.3 Å². The van der Waals surface area contributed by atoms with Gasteiger partial charge >= 0.3 is 0 Å². The van der Waals surface area contributed by atoms with Gasteiger partial charge < -0.3 is 19.9 Å². The van der Waals surface area contributed by atoms with Crippen LogP contribution in [-0.2, 0) is 9.47 Å². The summed E-state index contributed by atoms with van der Waals surface area (Å²) in [6.45, 7) is 3.89. The summed E-state index contributed by atoms with van der Waals surface area (Å²) < 4.78 is 10.0. The molecule has 0 radical (unpaired) electrons. The van der Waals surface area contributed by atoms with Gasteiger partial charge in [0.25, 0.3) is 0 Å². The first-order valence-electron chi connectivity index (χ1n) is 5.68. The molecule has 0 saturated carbocycles. The maximum absolute atomic E-state index is 9.56. The standard InChI is InChI=1S/C12H23NO3/c1-4-6-11(5-2)13-9-12(14)10-16-8-7-15-3/h2,11-14H,4,6-10H2,1,3H3. The van der Waals surface area contributed by atoms with E-state index in [1.807, 2.05) is 0 Å². The van der Waals surface area contributed by atoms with E-state index in [1.165, 1.54) is 0 Å². The normalized spacial score (nSPS) is 14.4. The molecule has 0 aliphatic carbocycles. The minimum absolute atomic E-state index is 0.0404. The number of rotatable bonds is 10. The predicted molar refractivity (Wildman–Crippen MR) is 64.2 cm³/mol. The Hall–Kier alpha value is -0.600. The summed E-state index contributed by atoms with van der Waals surface area (Å²) in [4.78, 5) is 0. The molecule has 0 aromatic carbocycles. The Morgan fingerprint density at radius 3 is 2.75 bits per heavy atom. The third kappa shape index (κ3) is 8.69. The minimum Gasteiger partial charge on any atom is -0.389 e. The molecule has 4 nitrogen and oxygen atoms in total. The monoisotopic (exact) mass is 229 g/mol. The van der Waals surface area contributed by atoms with Crippen LogP contribution in [0.25, 0.3) is 0 Å². The van der Waals surface area contributed by atoms with Crippen LogP contribution < -0.4 is 5.32 Å². The smallest absolute Gasteiger partial charge is 0.0898 e. The molecule has 0 rings (SSSR count). The SMILES string of the molecule is C#CC(CCC)NCC(O)COCCOC. The molecule has 0 aliphatic rings. The molecule has 0 aliphatic heterocycles. The van der Waals surface area contributed by atoms with Gasteiger partial charge in [0.15, 0.2) is 0 Å². The average Bonchev–Trinajstić information content (AvgIpc) is 2.30. The second kappa shape index (κ2) is 10.9. The van der Waals surface area contributed by atoms with Crippen molar-refractivity contribution in [2.75, 3.05) is 33.5 Å². The first kappa shape index (κ1) is 15.4. The summed E-state index contributed by atoms with van der Waals surface area (Å²) in [5.74, 6) is 2.65. The zero-order chi connectivity index (χ0) is 12.2. The second-order valence-corrected chi connectivity index (χ2v) is 3.64. The Labute approximate surface area is 98.3 Å². The number of nitrogens with one attached hydrogen (secondary N) is 1. The van der Waals surface area contributed by atoms with Crippen molar-refractivity contribution in [3.05, 3.63) is 0 Å². The number of aliphatic hydroxyl groups is 1. The highest BCUT2D eigenvalue weighted by atomic mass is 16.5. The van der Waals surface area contributed by atoms with Gasteiger partial charge in [-0.25, -0.2) is 0 Å². The van der Waals surface area contributed by atoms with Crippen LogP contribution in [0, 0.1) is 12.3 Å². The quantitative estimate of drug-likeness (QED) is 0.420.